The number of alkyl halides is 3. The Morgan fingerprint density at radius 2 is 1.88 bits per heavy atom. The zero-order valence-electron chi connectivity index (χ0n) is 21.5. The maximum atomic E-state index is 13.1. The van der Waals surface area contributed by atoms with Crippen molar-refractivity contribution in [2.75, 3.05) is 25.0 Å². The molecule has 0 aliphatic carbocycles. The lowest BCUT2D eigenvalue weighted by atomic mass is 9.81. The van der Waals surface area contributed by atoms with Gasteiger partial charge in [-0.05, 0) is 85.9 Å². The summed E-state index contributed by atoms with van der Waals surface area (Å²) in [5, 5.41) is 5.52. The van der Waals surface area contributed by atoms with Gasteiger partial charge in [-0.3, -0.25) is 4.79 Å². The second-order valence-electron chi connectivity index (χ2n) is 10.1. The standard InChI is InChI=1S/C27H39F3N2O2/c1-8-17(2)23(25(33)31-15-21-10-9-11-34-21)12-18(3)22-13-20(32-16-27(28,29)30)14-24(19(22)4)26(5,6)7/h12-14,21,32H,8-11,15-16H2,1-7H3,(H,31,33)/b18-12-,23-17+. The van der Waals surface area contributed by atoms with Crippen molar-refractivity contribution in [2.45, 2.75) is 85.4 Å². The number of benzene rings is 1. The van der Waals surface area contributed by atoms with Crippen molar-refractivity contribution in [3.05, 3.63) is 46.0 Å². The van der Waals surface area contributed by atoms with Crippen molar-refractivity contribution in [3.63, 3.8) is 0 Å². The SMILES string of the molecule is CC/C(C)=C(\C=C(\C)c1cc(NCC(F)(F)F)cc(C(C)(C)C)c1C)C(=O)NCC1CCCO1. The van der Waals surface area contributed by atoms with Gasteiger partial charge in [-0.2, -0.15) is 13.2 Å². The molecule has 2 N–H and O–H groups in total. The van der Waals surface area contributed by atoms with Crippen molar-refractivity contribution in [3.8, 4) is 0 Å². The third kappa shape index (κ3) is 7.90. The number of carbonyl (C=O) groups excluding carboxylic acids is 1. The van der Waals surface area contributed by atoms with Gasteiger partial charge in [0, 0.05) is 24.4 Å². The Hall–Kier alpha value is -2.28. The molecule has 1 fully saturated rings. The minimum Gasteiger partial charge on any atom is -0.376 e. The first-order chi connectivity index (χ1) is 15.7. The number of amides is 1. The summed E-state index contributed by atoms with van der Waals surface area (Å²) in [6.45, 7) is 14.0. The molecule has 0 aromatic heterocycles. The van der Waals surface area contributed by atoms with Crippen LogP contribution in [0.3, 0.4) is 0 Å². The van der Waals surface area contributed by atoms with Crippen LogP contribution in [0, 0.1) is 6.92 Å². The monoisotopic (exact) mass is 480 g/mol. The topological polar surface area (TPSA) is 50.4 Å². The number of rotatable bonds is 8. The number of nitrogens with one attached hydrogen (secondary N) is 2. The van der Waals surface area contributed by atoms with E-state index in [0.717, 1.165) is 47.3 Å². The zero-order chi connectivity index (χ0) is 25.7. The fourth-order valence-corrected chi connectivity index (χ4v) is 4.18. The molecule has 1 aromatic rings. The quantitative estimate of drug-likeness (QED) is 0.322. The van der Waals surface area contributed by atoms with Crippen molar-refractivity contribution in [2.24, 2.45) is 0 Å². The number of ether oxygens (including phenoxy) is 1. The molecule has 1 heterocycles. The summed E-state index contributed by atoms with van der Waals surface area (Å²) in [5.41, 5.74) is 5.30. The molecule has 4 nitrogen and oxygen atoms in total. The van der Waals surface area contributed by atoms with Crippen LogP contribution in [0.4, 0.5) is 18.9 Å². The molecule has 1 saturated heterocycles. The van der Waals surface area contributed by atoms with E-state index in [1.165, 1.54) is 0 Å². The van der Waals surface area contributed by atoms with E-state index in [4.69, 9.17) is 4.74 Å². The molecular formula is C27H39F3N2O2. The molecule has 1 aliphatic rings. The van der Waals surface area contributed by atoms with Crippen molar-refractivity contribution < 1.29 is 22.7 Å². The van der Waals surface area contributed by atoms with Crippen LogP contribution in [-0.2, 0) is 14.9 Å². The van der Waals surface area contributed by atoms with E-state index in [2.05, 4.69) is 10.6 Å². The van der Waals surface area contributed by atoms with Crippen LogP contribution in [0.2, 0.25) is 0 Å². The predicted octanol–water partition coefficient (Wildman–Crippen LogP) is 6.69. The smallest absolute Gasteiger partial charge is 0.376 e. The summed E-state index contributed by atoms with van der Waals surface area (Å²) in [4.78, 5) is 13.1. The fraction of sp³-hybridized carbons (Fsp3) is 0.593. The van der Waals surface area contributed by atoms with Crippen LogP contribution >= 0.6 is 0 Å². The van der Waals surface area contributed by atoms with Crippen LogP contribution in [0.1, 0.15) is 77.5 Å². The largest absolute Gasteiger partial charge is 0.405 e. The average Bonchev–Trinajstić information content (AvgIpc) is 3.26. The highest BCUT2D eigenvalue weighted by molar-refractivity contribution is 5.99. The molecule has 2 rings (SSSR count). The molecule has 1 aromatic carbocycles. The normalized spacial score (nSPS) is 18.1. The molecule has 1 aliphatic heterocycles. The van der Waals surface area contributed by atoms with Crippen LogP contribution < -0.4 is 10.6 Å². The van der Waals surface area contributed by atoms with Gasteiger partial charge < -0.3 is 15.4 Å². The Labute approximate surface area is 202 Å². The molecule has 0 saturated carbocycles. The first kappa shape index (κ1) is 28.0. The number of halogens is 3. The highest BCUT2D eigenvalue weighted by Crippen LogP contribution is 2.34. The van der Waals surface area contributed by atoms with Gasteiger partial charge in [-0.15, -0.1) is 0 Å². The van der Waals surface area contributed by atoms with E-state index in [1.54, 1.807) is 12.1 Å². The Kier molecular flexibility index (Phi) is 9.40. The summed E-state index contributed by atoms with van der Waals surface area (Å²) in [6.07, 6.45) is 0.244. The van der Waals surface area contributed by atoms with Gasteiger partial charge in [0.2, 0.25) is 0 Å². The van der Waals surface area contributed by atoms with Crippen molar-refractivity contribution in [1.29, 1.82) is 0 Å². The highest BCUT2D eigenvalue weighted by Gasteiger charge is 2.27. The van der Waals surface area contributed by atoms with Crippen molar-refractivity contribution in [1.82, 2.24) is 5.32 Å². The lowest BCUT2D eigenvalue weighted by molar-refractivity contribution is -0.118. The van der Waals surface area contributed by atoms with E-state index in [1.807, 2.05) is 54.5 Å². The summed E-state index contributed by atoms with van der Waals surface area (Å²) in [7, 11) is 0. The molecule has 34 heavy (non-hydrogen) atoms. The lowest BCUT2D eigenvalue weighted by Gasteiger charge is -2.26. The minimum absolute atomic E-state index is 0.0465. The maximum Gasteiger partial charge on any atom is 0.405 e. The van der Waals surface area contributed by atoms with E-state index < -0.39 is 12.7 Å². The van der Waals surface area contributed by atoms with Gasteiger partial charge >= 0.3 is 6.18 Å². The number of hydrogen-bond donors (Lipinski definition) is 2. The number of carbonyl (C=O) groups is 1. The average molecular weight is 481 g/mol. The van der Waals surface area contributed by atoms with Crippen LogP contribution in [0.5, 0.6) is 0 Å². The molecular weight excluding hydrogens is 441 g/mol. The molecule has 0 radical (unpaired) electrons. The Morgan fingerprint density at radius 3 is 2.41 bits per heavy atom. The molecule has 190 valence electrons. The second-order valence-corrected chi connectivity index (χ2v) is 10.1. The summed E-state index contributed by atoms with van der Waals surface area (Å²) >= 11 is 0. The van der Waals surface area contributed by atoms with Crippen molar-refractivity contribution >= 4 is 17.2 Å². The van der Waals surface area contributed by atoms with Gasteiger partial charge in [-0.1, -0.05) is 33.3 Å². The molecule has 1 amide bonds. The van der Waals surface area contributed by atoms with E-state index >= 15 is 0 Å². The molecule has 7 heteroatoms. The number of allylic oxidation sites excluding steroid dienone is 2. The highest BCUT2D eigenvalue weighted by atomic mass is 19.4. The van der Waals surface area contributed by atoms with Crippen LogP contribution in [0.15, 0.2) is 29.4 Å². The first-order valence-electron chi connectivity index (χ1n) is 12.0. The number of hydrogen-bond acceptors (Lipinski definition) is 3. The Morgan fingerprint density at radius 1 is 1.21 bits per heavy atom. The van der Waals surface area contributed by atoms with Gasteiger partial charge in [0.05, 0.1) is 6.10 Å². The molecule has 1 atom stereocenters. The van der Waals surface area contributed by atoms with E-state index in [-0.39, 0.29) is 17.4 Å². The summed E-state index contributed by atoms with van der Waals surface area (Å²) in [6, 6.07) is 3.53. The molecule has 0 bridgehead atoms. The van der Waals surface area contributed by atoms with Gasteiger partial charge in [0.15, 0.2) is 0 Å². The second kappa shape index (κ2) is 11.4. The Bertz CT molecular complexity index is 934. The van der Waals surface area contributed by atoms with Crippen LogP contribution in [-0.4, -0.2) is 37.9 Å². The Balaban J connectivity index is 2.44. The fourth-order valence-electron chi connectivity index (χ4n) is 4.18. The van der Waals surface area contributed by atoms with E-state index in [9.17, 15) is 18.0 Å². The van der Waals surface area contributed by atoms with Crippen LogP contribution in [0.25, 0.3) is 5.57 Å². The minimum atomic E-state index is -4.31. The third-order valence-electron chi connectivity index (χ3n) is 6.24. The maximum absolute atomic E-state index is 13.1. The summed E-state index contributed by atoms with van der Waals surface area (Å²) < 4.78 is 44.2. The lowest BCUT2D eigenvalue weighted by Crippen LogP contribution is -2.32. The van der Waals surface area contributed by atoms with Gasteiger partial charge in [0.1, 0.15) is 6.54 Å². The third-order valence-corrected chi connectivity index (χ3v) is 6.24. The predicted molar refractivity (Wildman–Crippen MR) is 133 cm³/mol. The number of anilines is 1. The van der Waals surface area contributed by atoms with E-state index in [0.29, 0.717) is 24.2 Å². The van der Waals surface area contributed by atoms with Gasteiger partial charge in [0.25, 0.3) is 5.91 Å². The van der Waals surface area contributed by atoms with Gasteiger partial charge in [-0.25, -0.2) is 0 Å². The molecule has 1 unspecified atom stereocenters. The zero-order valence-corrected chi connectivity index (χ0v) is 21.5. The molecule has 0 spiro atoms. The summed E-state index contributed by atoms with van der Waals surface area (Å²) in [5.74, 6) is -0.158. The first-order valence-corrected chi connectivity index (χ1v) is 12.0.